The van der Waals surface area contributed by atoms with Gasteiger partial charge < -0.3 is 28.7 Å². The number of cyclic esters (lactones) is 2. The Bertz CT molecular complexity index is 487. The second-order valence-electron chi connectivity index (χ2n) is 4.87. The van der Waals surface area contributed by atoms with E-state index < -0.39 is 24.1 Å². The third-order valence-electron chi connectivity index (χ3n) is 3.26. The van der Waals surface area contributed by atoms with Crippen molar-refractivity contribution >= 4 is 24.1 Å². The van der Waals surface area contributed by atoms with Crippen molar-refractivity contribution in [3.63, 3.8) is 0 Å². The Labute approximate surface area is 137 Å². The summed E-state index contributed by atoms with van der Waals surface area (Å²) in [6.07, 6.45) is 1.00. The van der Waals surface area contributed by atoms with Crippen LogP contribution in [0.1, 0.15) is 0 Å². The summed E-state index contributed by atoms with van der Waals surface area (Å²) in [4.78, 5) is 47.9. The van der Waals surface area contributed by atoms with Crippen LogP contribution in [-0.4, -0.2) is 86.5 Å². The molecule has 0 unspecified atom stereocenters. The average Bonchev–Trinajstić information content (AvgIpc) is 3.14. The van der Waals surface area contributed by atoms with E-state index in [0.29, 0.717) is 26.3 Å². The molecule has 2 saturated heterocycles. The molecule has 0 aromatic carbocycles. The minimum Gasteiger partial charge on any atom is -0.461 e. The summed E-state index contributed by atoms with van der Waals surface area (Å²) in [7, 11) is 0. The van der Waals surface area contributed by atoms with Crippen LogP contribution in [0.4, 0.5) is 9.59 Å². The van der Waals surface area contributed by atoms with E-state index >= 15 is 0 Å². The van der Waals surface area contributed by atoms with Crippen LogP contribution in [0.2, 0.25) is 0 Å². The highest BCUT2D eigenvalue weighted by atomic mass is 16.6. The molecule has 2 fully saturated rings. The first kappa shape index (κ1) is 17.6. The number of carbonyl (C=O) groups excluding carboxylic acids is 4. The van der Waals surface area contributed by atoms with Gasteiger partial charge in [-0.1, -0.05) is 0 Å². The highest BCUT2D eigenvalue weighted by Crippen LogP contribution is 2.03. The van der Waals surface area contributed by atoms with Crippen molar-refractivity contribution in [1.29, 1.82) is 0 Å². The zero-order valence-corrected chi connectivity index (χ0v) is 13.0. The van der Waals surface area contributed by atoms with Gasteiger partial charge in [0.05, 0.1) is 26.2 Å². The van der Waals surface area contributed by atoms with E-state index in [-0.39, 0.29) is 26.3 Å². The van der Waals surface area contributed by atoms with Crippen molar-refractivity contribution < 1.29 is 38.1 Å². The van der Waals surface area contributed by atoms with Gasteiger partial charge in [0.25, 0.3) is 0 Å². The monoisotopic (exact) mass is 342 g/mol. The van der Waals surface area contributed by atoms with Gasteiger partial charge in [-0.3, -0.25) is 0 Å². The van der Waals surface area contributed by atoms with E-state index in [2.05, 4.69) is 0 Å². The maximum atomic E-state index is 11.4. The maximum Gasteiger partial charge on any atom is 0.410 e. The van der Waals surface area contributed by atoms with Crippen molar-refractivity contribution in [2.45, 2.75) is 0 Å². The number of carbonyl (C=O) groups is 4. The molecule has 0 radical (unpaired) electrons. The van der Waals surface area contributed by atoms with E-state index in [1.165, 1.54) is 9.80 Å². The molecule has 0 N–H and O–H groups in total. The zero-order valence-electron chi connectivity index (χ0n) is 13.0. The molecule has 0 saturated carbocycles. The van der Waals surface area contributed by atoms with Gasteiger partial charge in [0.2, 0.25) is 0 Å². The first-order chi connectivity index (χ1) is 11.6. The lowest BCUT2D eigenvalue weighted by Crippen LogP contribution is -2.29. The van der Waals surface area contributed by atoms with Crippen LogP contribution < -0.4 is 0 Å². The second kappa shape index (κ2) is 8.75. The molecule has 2 aliphatic heterocycles. The Morgan fingerprint density at radius 2 is 1.29 bits per heavy atom. The molecular formula is C14H18N2O8. The summed E-state index contributed by atoms with van der Waals surface area (Å²) < 4.78 is 19.1. The lowest BCUT2D eigenvalue weighted by molar-refractivity contribution is -0.140. The quantitative estimate of drug-likeness (QED) is 0.331. The highest BCUT2D eigenvalue weighted by Gasteiger charge is 2.22. The number of rotatable bonds is 8. The second-order valence-corrected chi connectivity index (χ2v) is 4.87. The smallest absolute Gasteiger partial charge is 0.410 e. The fourth-order valence-electron chi connectivity index (χ4n) is 2.00. The molecule has 10 nitrogen and oxygen atoms in total. The standard InChI is InChI=1S/C14H18N2O8/c17-11(21-7-3-15-5-9-23-13(15)19)1-2-12(18)22-8-4-16-6-10-24-14(16)20/h1-2H,3-10H2/b2-1+. The summed E-state index contributed by atoms with van der Waals surface area (Å²) in [5.41, 5.74) is 0. The molecule has 0 aromatic heterocycles. The minimum atomic E-state index is -0.720. The number of amides is 2. The molecule has 0 atom stereocenters. The first-order valence-corrected chi connectivity index (χ1v) is 7.41. The lowest BCUT2D eigenvalue weighted by Gasteiger charge is -2.12. The van der Waals surface area contributed by atoms with Gasteiger partial charge in [-0.15, -0.1) is 0 Å². The predicted molar refractivity (Wildman–Crippen MR) is 76.9 cm³/mol. The molecule has 2 heterocycles. The van der Waals surface area contributed by atoms with Gasteiger partial charge in [-0.05, 0) is 0 Å². The van der Waals surface area contributed by atoms with Crippen LogP contribution in [-0.2, 0) is 28.5 Å². The molecule has 2 rings (SSSR count). The van der Waals surface area contributed by atoms with Crippen molar-refractivity contribution in [1.82, 2.24) is 9.80 Å². The van der Waals surface area contributed by atoms with E-state index in [1.54, 1.807) is 0 Å². The average molecular weight is 342 g/mol. The number of nitrogens with zero attached hydrogens (tertiary/aromatic N) is 2. The van der Waals surface area contributed by atoms with Gasteiger partial charge in [-0.2, -0.15) is 0 Å². The molecule has 132 valence electrons. The van der Waals surface area contributed by atoms with Gasteiger partial charge in [0, 0.05) is 12.2 Å². The highest BCUT2D eigenvalue weighted by molar-refractivity contribution is 5.91. The fraction of sp³-hybridized carbons (Fsp3) is 0.571. The third kappa shape index (κ3) is 5.45. The molecule has 0 aromatic rings. The van der Waals surface area contributed by atoms with Gasteiger partial charge in [0.1, 0.15) is 26.4 Å². The molecule has 0 spiro atoms. The molecule has 2 amide bonds. The fourth-order valence-corrected chi connectivity index (χ4v) is 2.00. The molecule has 0 aliphatic carbocycles. The van der Waals surface area contributed by atoms with Gasteiger partial charge >= 0.3 is 24.1 Å². The number of hydrogen-bond acceptors (Lipinski definition) is 8. The molecule has 2 aliphatic rings. The van der Waals surface area contributed by atoms with Crippen LogP contribution in [0.25, 0.3) is 0 Å². The normalized spacial score (nSPS) is 17.2. The third-order valence-corrected chi connectivity index (χ3v) is 3.26. The van der Waals surface area contributed by atoms with Crippen molar-refractivity contribution in [3.8, 4) is 0 Å². The summed E-state index contributed by atoms with van der Waals surface area (Å²) in [6, 6.07) is 0. The summed E-state index contributed by atoms with van der Waals surface area (Å²) in [5, 5.41) is 0. The number of ether oxygens (including phenoxy) is 4. The first-order valence-electron chi connectivity index (χ1n) is 7.41. The molecular weight excluding hydrogens is 324 g/mol. The Balaban J connectivity index is 1.55. The summed E-state index contributed by atoms with van der Waals surface area (Å²) in [5.74, 6) is -1.44. The predicted octanol–water partition coefficient (Wildman–Crippen LogP) is -0.467. The van der Waals surface area contributed by atoms with E-state index in [1.807, 2.05) is 0 Å². The molecule has 0 bridgehead atoms. The molecule has 24 heavy (non-hydrogen) atoms. The van der Waals surface area contributed by atoms with Crippen LogP contribution in [0.15, 0.2) is 12.2 Å². The van der Waals surface area contributed by atoms with Crippen LogP contribution >= 0.6 is 0 Å². The van der Waals surface area contributed by atoms with Gasteiger partial charge in [-0.25, -0.2) is 19.2 Å². The van der Waals surface area contributed by atoms with E-state index in [0.717, 1.165) is 12.2 Å². The Hall–Kier alpha value is -2.78. The van der Waals surface area contributed by atoms with E-state index in [9.17, 15) is 19.2 Å². The SMILES string of the molecule is O=C(/C=C/C(=O)OCCN1CCOC1=O)OCCN1CCOC1=O. The van der Waals surface area contributed by atoms with Gasteiger partial charge in [0.15, 0.2) is 0 Å². The lowest BCUT2D eigenvalue weighted by atomic mass is 10.5. The zero-order chi connectivity index (χ0) is 17.4. The van der Waals surface area contributed by atoms with Crippen molar-refractivity contribution in [2.75, 3.05) is 52.6 Å². The molecule has 10 heteroatoms. The van der Waals surface area contributed by atoms with E-state index in [4.69, 9.17) is 18.9 Å². The topological polar surface area (TPSA) is 112 Å². The van der Waals surface area contributed by atoms with Crippen LogP contribution in [0.5, 0.6) is 0 Å². The Kier molecular flexibility index (Phi) is 6.41. The minimum absolute atomic E-state index is 0.00436. The summed E-state index contributed by atoms with van der Waals surface area (Å²) >= 11 is 0. The van der Waals surface area contributed by atoms with Crippen molar-refractivity contribution in [3.05, 3.63) is 12.2 Å². The maximum absolute atomic E-state index is 11.4. The Morgan fingerprint density at radius 1 is 0.875 bits per heavy atom. The van der Waals surface area contributed by atoms with Crippen LogP contribution in [0, 0.1) is 0 Å². The van der Waals surface area contributed by atoms with Crippen LogP contribution in [0.3, 0.4) is 0 Å². The number of esters is 2. The summed E-state index contributed by atoms with van der Waals surface area (Å²) in [6.45, 7) is 2.05. The Morgan fingerprint density at radius 3 is 1.62 bits per heavy atom. The number of hydrogen-bond donors (Lipinski definition) is 0. The largest absolute Gasteiger partial charge is 0.461 e. The van der Waals surface area contributed by atoms with Crippen molar-refractivity contribution in [2.24, 2.45) is 0 Å².